The molecule has 0 aliphatic carbocycles. The average molecular weight is 570 g/mol. The summed E-state index contributed by atoms with van der Waals surface area (Å²) in [5, 5.41) is 0.194. The highest BCUT2D eigenvalue weighted by Gasteiger charge is 2.42. The number of fused-ring (bicyclic) bond motifs is 8. The van der Waals surface area contributed by atoms with Crippen molar-refractivity contribution < 1.29 is 9.59 Å². The molecule has 5 rings (SSSR count). The molecule has 6 nitrogen and oxygen atoms in total. The number of hydrogen-bond donors (Lipinski definition) is 4. The Morgan fingerprint density at radius 3 is 0.872 bits per heavy atom. The monoisotopic (exact) mass is 568 g/mol. The molecule has 39 heavy (non-hydrogen) atoms. The third-order valence-electron chi connectivity index (χ3n) is 9.00. The maximum atomic E-state index is 13.1. The van der Waals surface area contributed by atoms with Crippen molar-refractivity contribution in [2.24, 2.45) is 0 Å². The predicted octanol–water partition coefficient (Wildman–Crippen LogP) is 7.18. The van der Waals surface area contributed by atoms with Crippen molar-refractivity contribution in [1.29, 1.82) is 0 Å². The standard InChI is InChI=1S/C30H36N4O2.CH2Cl2/c1-17(35)29(7)23-13-9-19(31-23)27(3,4)21-11-15-25(33-21)30(8,18(2)36)26-16-12-22(34-26)28(5,6)20-10-14-24(29)32-20;2-1-3/h9-16,31-34H,1-8H3;1H2. The molecule has 0 aromatic carbocycles. The number of Topliss-reactive ketones (excluding diaryl/α,β-unsaturated/α-hetero) is 2. The number of H-pyrrole nitrogens is 4. The lowest BCUT2D eigenvalue weighted by atomic mass is 9.80. The molecule has 8 bridgehead atoms. The van der Waals surface area contributed by atoms with Crippen molar-refractivity contribution in [3.63, 3.8) is 0 Å². The van der Waals surface area contributed by atoms with Crippen molar-refractivity contribution in [3.05, 3.63) is 94.1 Å². The second-order valence-corrected chi connectivity index (χ2v) is 12.7. The van der Waals surface area contributed by atoms with Crippen LogP contribution in [0.4, 0.5) is 0 Å². The Bertz CT molecular complexity index is 1310. The van der Waals surface area contributed by atoms with Gasteiger partial charge < -0.3 is 19.9 Å². The van der Waals surface area contributed by atoms with Crippen LogP contribution < -0.4 is 0 Å². The van der Waals surface area contributed by atoms with Gasteiger partial charge in [-0.25, -0.2) is 0 Å². The first-order valence-electron chi connectivity index (χ1n) is 13.1. The van der Waals surface area contributed by atoms with Crippen LogP contribution in [-0.2, 0) is 31.2 Å². The molecule has 0 radical (unpaired) electrons. The lowest BCUT2D eigenvalue weighted by molar-refractivity contribution is -0.121. The Kier molecular flexibility index (Phi) is 7.37. The fourth-order valence-electron chi connectivity index (χ4n) is 5.54. The lowest BCUT2D eigenvalue weighted by Crippen LogP contribution is -2.34. The maximum Gasteiger partial charge on any atom is 0.147 e. The number of carbonyl (C=O) groups excluding carboxylic acids is 2. The van der Waals surface area contributed by atoms with Gasteiger partial charge in [0.15, 0.2) is 0 Å². The summed E-state index contributed by atoms with van der Waals surface area (Å²) >= 11 is 9.53. The van der Waals surface area contributed by atoms with Gasteiger partial charge in [-0.3, -0.25) is 9.59 Å². The lowest BCUT2D eigenvalue weighted by Gasteiger charge is -2.29. The molecule has 0 atom stereocenters. The van der Waals surface area contributed by atoms with Gasteiger partial charge in [0.05, 0.1) is 5.34 Å². The Morgan fingerprint density at radius 2 is 0.692 bits per heavy atom. The SMILES string of the molecule is CC(=O)C1(C)c2ccc([nH]2)C(C)(C)c2ccc([nH]2)C(C)(C(C)=O)c2ccc([nH]2)C(C)(C)c2ccc1[nH]2.ClCCl. The zero-order valence-corrected chi connectivity index (χ0v) is 25.4. The number of ketones is 2. The van der Waals surface area contributed by atoms with E-state index in [4.69, 9.17) is 23.2 Å². The zero-order valence-electron chi connectivity index (χ0n) is 23.9. The molecule has 8 heteroatoms. The highest BCUT2D eigenvalue weighted by Crippen LogP contribution is 2.41. The van der Waals surface area contributed by atoms with Crippen LogP contribution in [0.2, 0.25) is 0 Å². The van der Waals surface area contributed by atoms with Crippen LogP contribution in [0, 0.1) is 0 Å². The smallest absolute Gasteiger partial charge is 0.147 e. The van der Waals surface area contributed by atoms with E-state index >= 15 is 0 Å². The van der Waals surface area contributed by atoms with Crippen molar-refractivity contribution in [2.75, 3.05) is 5.34 Å². The highest BCUT2D eigenvalue weighted by molar-refractivity contribution is 6.40. The minimum Gasteiger partial charge on any atom is -0.360 e. The summed E-state index contributed by atoms with van der Waals surface area (Å²) < 4.78 is 0. The van der Waals surface area contributed by atoms with Crippen LogP contribution in [0.5, 0.6) is 0 Å². The third-order valence-corrected chi connectivity index (χ3v) is 9.00. The molecule has 4 aromatic rings. The molecule has 5 heterocycles. The fraction of sp³-hybridized carbons (Fsp3) is 0.419. The summed E-state index contributed by atoms with van der Waals surface area (Å²) in [6.45, 7) is 15.8. The van der Waals surface area contributed by atoms with Gasteiger partial charge in [0.25, 0.3) is 0 Å². The largest absolute Gasteiger partial charge is 0.360 e. The first-order chi connectivity index (χ1) is 18.1. The topological polar surface area (TPSA) is 97.3 Å². The molecule has 4 aromatic heterocycles. The number of hydrogen-bond acceptors (Lipinski definition) is 2. The van der Waals surface area contributed by atoms with Crippen molar-refractivity contribution in [3.8, 4) is 0 Å². The van der Waals surface area contributed by atoms with E-state index in [-0.39, 0.29) is 16.9 Å². The molecule has 0 amide bonds. The summed E-state index contributed by atoms with van der Waals surface area (Å²) in [7, 11) is 0. The van der Waals surface area contributed by atoms with Gasteiger partial charge in [-0.2, -0.15) is 0 Å². The minimum absolute atomic E-state index is 0.0579. The van der Waals surface area contributed by atoms with Crippen LogP contribution >= 0.6 is 23.2 Å². The van der Waals surface area contributed by atoms with Crippen LogP contribution in [0.15, 0.2) is 48.5 Å². The fourth-order valence-corrected chi connectivity index (χ4v) is 5.54. The van der Waals surface area contributed by atoms with E-state index in [0.29, 0.717) is 0 Å². The van der Waals surface area contributed by atoms with Gasteiger partial charge in [0.1, 0.15) is 22.4 Å². The van der Waals surface area contributed by atoms with E-state index in [1.807, 2.05) is 38.1 Å². The summed E-state index contributed by atoms with van der Waals surface area (Å²) in [5.41, 5.74) is 4.82. The first kappa shape index (κ1) is 29.0. The van der Waals surface area contributed by atoms with Crippen molar-refractivity contribution in [2.45, 2.75) is 77.0 Å². The summed E-state index contributed by atoms with van der Waals surface area (Å²) in [4.78, 5) is 40.6. The maximum absolute atomic E-state index is 13.1. The Balaban J connectivity index is 0.00000112. The molecule has 0 spiro atoms. The third kappa shape index (κ3) is 4.42. The van der Waals surface area contributed by atoms with Gasteiger partial charge in [-0.05, 0) is 104 Å². The minimum atomic E-state index is -0.852. The van der Waals surface area contributed by atoms with E-state index < -0.39 is 21.7 Å². The molecule has 1 aliphatic heterocycles. The van der Waals surface area contributed by atoms with E-state index in [2.05, 4.69) is 71.9 Å². The Morgan fingerprint density at radius 1 is 0.513 bits per heavy atom. The Hall–Kier alpha value is -2.96. The van der Waals surface area contributed by atoms with Gasteiger partial charge in [-0.15, -0.1) is 23.2 Å². The van der Waals surface area contributed by atoms with E-state index in [0.717, 1.165) is 45.6 Å². The molecule has 4 N–H and O–H groups in total. The van der Waals surface area contributed by atoms with E-state index in [9.17, 15) is 9.59 Å². The molecular formula is C31H38Cl2N4O2. The van der Waals surface area contributed by atoms with Gasteiger partial charge in [-0.1, -0.05) is 0 Å². The molecule has 0 saturated carbocycles. The van der Waals surface area contributed by atoms with Crippen molar-refractivity contribution >= 4 is 34.8 Å². The second-order valence-electron chi connectivity index (χ2n) is 11.9. The number of nitrogens with one attached hydrogen (secondary N) is 4. The zero-order chi connectivity index (χ0) is 29.0. The summed E-state index contributed by atoms with van der Waals surface area (Å²) in [5.74, 6) is 0.116. The second kappa shape index (κ2) is 9.90. The van der Waals surface area contributed by atoms with E-state index in [1.54, 1.807) is 13.8 Å². The van der Waals surface area contributed by atoms with Crippen molar-refractivity contribution in [1.82, 2.24) is 19.9 Å². The number of rotatable bonds is 2. The number of carbonyl (C=O) groups is 2. The van der Waals surface area contributed by atoms with Gasteiger partial charge in [0, 0.05) is 56.4 Å². The molecule has 0 saturated heterocycles. The van der Waals surface area contributed by atoms with Gasteiger partial charge in [0.2, 0.25) is 0 Å². The Labute approximate surface area is 240 Å². The first-order valence-corrected chi connectivity index (χ1v) is 14.2. The number of aromatic amines is 4. The van der Waals surface area contributed by atoms with Crippen LogP contribution in [0.1, 0.15) is 101 Å². The molecule has 0 unspecified atom stereocenters. The molecular weight excluding hydrogens is 531 g/mol. The molecule has 208 valence electrons. The highest BCUT2D eigenvalue weighted by atomic mass is 35.5. The number of alkyl halides is 2. The summed E-state index contributed by atoms with van der Waals surface area (Å²) in [6, 6.07) is 16.3. The van der Waals surface area contributed by atoms with Crippen LogP contribution in [-0.4, -0.2) is 36.8 Å². The quantitative estimate of drug-likeness (QED) is 0.193. The van der Waals surface area contributed by atoms with Gasteiger partial charge >= 0.3 is 0 Å². The molecule has 0 fully saturated rings. The van der Waals surface area contributed by atoms with Crippen LogP contribution in [0.3, 0.4) is 0 Å². The summed E-state index contributed by atoms with van der Waals surface area (Å²) in [6.07, 6.45) is 0. The molecule has 1 aliphatic rings. The number of aromatic nitrogens is 4. The average Bonchev–Trinajstić information content (AvgIpc) is 3.69. The number of halogens is 2. The van der Waals surface area contributed by atoms with E-state index in [1.165, 1.54) is 0 Å². The normalized spacial score (nSPS) is 23.0. The predicted molar refractivity (Wildman–Crippen MR) is 158 cm³/mol. The van der Waals surface area contributed by atoms with Crippen LogP contribution in [0.25, 0.3) is 0 Å².